The van der Waals surface area contributed by atoms with Crippen LogP contribution in [0.5, 0.6) is 0 Å². The monoisotopic (exact) mass is 321 g/mol. The minimum atomic E-state index is -1.31. The number of fused-ring (bicyclic) bond motifs is 1. The predicted molar refractivity (Wildman–Crippen MR) is 88.9 cm³/mol. The molecule has 0 aromatic heterocycles. The van der Waals surface area contributed by atoms with Gasteiger partial charge in [0.25, 0.3) is 0 Å². The van der Waals surface area contributed by atoms with Crippen LogP contribution in [0.2, 0.25) is 0 Å². The molecule has 3 rings (SSSR count). The Kier molecular flexibility index (Phi) is 4.21. The standard InChI is InChI=1S/C16H28BN3O3/c1-16(2)9-7-20(17)12(11(9)16)15(23)19-10(13(21)14(18)22)6-8-4-3-5-8/h8-13,21H,3-7,17H2,1-2H3,(H2,18,22)(H,19,23). The largest absolute Gasteiger partial charge is 0.381 e. The van der Waals surface area contributed by atoms with E-state index in [0.717, 1.165) is 19.4 Å². The first-order valence-corrected chi connectivity index (χ1v) is 8.71. The second kappa shape index (κ2) is 5.78. The molecule has 6 nitrogen and oxygen atoms in total. The molecule has 1 heterocycles. The van der Waals surface area contributed by atoms with Gasteiger partial charge in [0.2, 0.25) is 11.8 Å². The van der Waals surface area contributed by atoms with E-state index in [-0.39, 0.29) is 17.4 Å². The summed E-state index contributed by atoms with van der Waals surface area (Å²) in [5.41, 5.74) is 5.47. The quantitative estimate of drug-likeness (QED) is 0.548. The second-order valence-corrected chi connectivity index (χ2v) is 8.33. The van der Waals surface area contributed by atoms with Gasteiger partial charge in [-0.2, -0.15) is 0 Å². The lowest BCUT2D eigenvalue weighted by Crippen LogP contribution is -2.55. The van der Waals surface area contributed by atoms with Gasteiger partial charge < -0.3 is 21.0 Å². The van der Waals surface area contributed by atoms with E-state index in [4.69, 9.17) is 5.73 Å². The zero-order valence-corrected chi connectivity index (χ0v) is 14.3. The molecule has 5 unspecified atom stereocenters. The third-order valence-corrected chi connectivity index (χ3v) is 6.52. The van der Waals surface area contributed by atoms with Gasteiger partial charge in [0, 0.05) is 0 Å². The number of amides is 2. The second-order valence-electron chi connectivity index (χ2n) is 8.33. The molecule has 128 valence electrons. The molecule has 23 heavy (non-hydrogen) atoms. The highest BCUT2D eigenvalue weighted by molar-refractivity contribution is 6.07. The third kappa shape index (κ3) is 2.89. The van der Waals surface area contributed by atoms with E-state index in [1.807, 2.05) is 7.98 Å². The number of aliphatic hydroxyl groups is 1. The molecule has 0 aromatic rings. The van der Waals surface area contributed by atoms with Crippen LogP contribution in [-0.2, 0) is 9.59 Å². The van der Waals surface area contributed by atoms with Gasteiger partial charge >= 0.3 is 0 Å². The summed E-state index contributed by atoms with van der Waals surface area (Å²) in [6, 6.07) is -0.737. The van der Waals surface area contributed by atoms with Crippen LogP contribution in [0.25, 0.3) is 0 Å². The maximum absolute atomic E-state index is 12.8. The van der Waals surface area contributed by atoms with Crippen LogP contribution in [0, 0.1) is 23.2 Å². The van der Waals surface area contributed by atoms with Crippen molar-refractivity contribution < 1.29 is 14.7 Å². The fraction of sp³-hybridized carbons (Fsp3) is 0.875. The number of nitrogens with zero attached hydrogens (tertiary/aromatic N) is 1. The summed E-state index contributed by atoms with van der Waals surface area (Å²) in [5, 5.41) is 13.0. The average Bonchev–Trinajstić information content (AvgIpc) is 2.80. The zero-order chi connectivity index (χ0) is 16.9. The Hall–Kier alpha value is -1.08. The number of carbonyl (C=O) groups excluding carboxylic acids is 2. The minimum absolute atomic E-state index is 0.0739. The Morgan fingerprint density at radius 1 is 1.43 bits per heavy atom. The van der Waals surface area contributed by atoms with Crippen LogP contribution >= 0.6 is 0 Å². The predicted octanol–water partition coefficient (Wildman–Crippen LogP) is -0.988. The lowest BCUT2D eigenvalue weighted by molar-refractivity contribution is -0.131. The van der Waals surface area contributed by atoms with E-state index in [1.165, 1.54) is 6.42 Å². The van der Waals surface area contributed by atoms with E-state index in [2.05, 4.69) is 24.0 Å². The number of primary amides is 1. The lowest BCUT2D eigenvalue weighted by Gasteiger charge is -2.33. The van der Waals surface area contributed by atoms with Crippen LogP contribution in [-0.4, -0.2) is 54.4 Å². The molecule has 5 atom stereocenters. The fourth-order valence-corrected chi connectivity index (χ4v) is 4.64. The molecule has 0 spiro atoms. The summed E-state index contributed by atoms with van der Waals surface area (Å²) >= 11 is 0. The molecule has 7 heteroatoms. The van der Waals surface area contributed by atoms with Gasteiger partial charge in [-0.15, -0.1) is 0 Å². The maximum atomic E-state index is 12.8. The Morgan fingerprint density at radius 3 is 2.57 bits per heavy atom. The van der Waals surface area contributed by atoms with Crippen LogP contribution in [0.1, 0.15) is 39.5 Å². The number of carbonyl (C=O) groups is 2. The first-order chi connectivity index (χ1) is 10.7. The Labute approximate surface area is 138 Å². The number of rotatable bonds is 6. The first kappa shape index (κ1) is 16.8. The van der Waals surface area contributed by atoms with Crippen LogP contribution in [0.4, 0.5) is 0 Å². The Balaban J connectivity index is 1.66. The van der Waals surface area contributed by atoms with Crippen molar-refractivity contribution in [2.75, 3.05) is 6.54 Å². The van der Waals surface area contributed by atoms with Crippen molar-refractivity contribution >= 4 is 19.8 Å². The summed E-state index contributed by atoms with van der Waals surface area (Å²) in [7, 11) is 1.97. The molecule has 0 aromatic carbocycles. The van der Waals surface area contributed by atoms with Crippen molar-refractivity contribution in [1.29, 1.82) is 0 Å². The van der Waals surface area contributed by atoms with E-state index in [9.17, 15) is 14.7 Å². The van der Waals surface area contributed by atoms with Crippen molar-refractivity contribution in [3.8, 4) is 0 Å². The zero-order valence-electron chi connectivity index (χ0n) is 14.3. The van der Waals surface area contributed by atoms with E-state index >= 15 is 0 Å². The van der Waals surface area contributed by atoms with Gasteiger partial charge in [0.15, 0.2) is 14.1 Å². The summed E-state index contributed by atoms with van der Waals surface area (Å²) < 4.78 is 0. The molecule has 3 aliphatic rings. The van der Waals surface area contributed by atoms with E-state index in [0.29, 0.717) is 24.2 Å². The van der Waals surface area contributed by atoms with Gasteiger partial charge in [-0.3, -0.25) is 9.59 Å². The molecule has 0 bridgehead atoms. The highest BCUT2D eigenvalue weighted by Crippen LogP contribution is 2.64. The molecule has 2 saturated carbocycles. The van der Waals surface area contributed by atoms with Gasteiger partial charge in [0.1, 0.15) is 0 Å². The number of hydrogen-bond acceptors (Lipinski definition) is 4. The number of nitrogens with one attached hydrogen (secondary N) is 1. The molecule has 0 radical (unpaired) electrons. The fourth-order valence-electron chi connectivity index (χ4n) is 4.64. The SMILES string of the molecule is BN1CC2C(C1C(=O)NC(CC1CCC1)C(O)C(N)=O)C2(C)C. The van der Waals surface area contributed by atoms with Crippen molar-refractivity contribution in [1.82, 2.24) is 10.1 Å². The average molecular weight is 321 g/mol. The lowest BCUT2D eigenvalue weighted by atomic mass is 9.79. The topological polar surface area (TPSA) is 95.7 Å². The summed E-state index contributed by atoms with van der Waals surface area (Å²) in [4.78, 5) is 26.3. The first-order valence-electron chi connectivity index (χ1n) is 8.71. The van der Waals surface area contributed by atoms with Crippen molar-refractivity contribution in [2.45, 2.75) is 57.7 Å². The Bertz CT molecular complexity index is 509. The minimum Gasteiger partial charge on any atom is -0.381 e. The number of nitrogens with two attached hydrogens (primary N) is 1. The van der Waals surface area contributed by atoms with Gasteiger partial charge in [-0.1, -0.05) is 33.1 Å². The van der Waals surface area contributed by atoms with E-state index < -0.39 is 18.1 Å². The molecule has 1 saturated heterocycles. The summed E-state index contributed by atoms with van der Waals surface area (Å²) in [6.07, 6.45) is 2.69. The summed E-state index contributed by atoms with van der Waals surface area (Å²) in [6.45, 7) is 5.35. The van der Waals surface area contributed by atoms with Crippen molar-refractivity contribution in [2.24, 2.45) is 28.9 Å². The molecule has 2 aliphatic carbocycles. The van der Waals surface area contributed by atoms with Crippen LogP contribution < -0.4 is 11.1 Å². The highest BCUT2D eigenvalue weighted by atomic mass is 16.3. The molecule has 1 aliphatic heterocycles. The Morgan fingerprint density at radius 2 is 2.09 bits per heavy atom. The molecule has 2 amide bonds. The highest BCUT2D eigenvalue weighted by Gasteiger charge is 2.67. The number of piperidine rings is 1. The molecular formula is C16H28BN3O3. The van der Waals surface area contributed by atoms with Crippen LogP contribution in [0.15, 0.2) is 0 Å². The normalized spacial score (nSPS) is 35.0. The summed E-state index contributed by atoms with van der Waals surface area (Å²) in [5.74, 6) is 0.562. The van der Waals surface area contributed by atoms with Crippen molar-refractivity contribution in [3.63, 3.8) is 0 Å². The molecule has 4 N–H and O–H groups in total. The third-order valence-electron chi connectivity index (χ3n) is 6.52. The maximum Gasteiger partial charge on any atom is 0.248 e. The molecular weight excluding hydrogens is 293 g/mol. The van der Waals surface area contributed by atoms with E-state index in [1.54, 1.807) is 0 Å². The van der Waals surface area contributed by atoms with Gasteiger partial charge in [-0.25, -0.2) is 0 Å². The van der Waals surface area contributed by atoms with Crippen molar-refractivity contribution in [3.05, 3.63) is 0 Å². The van der Waals surface area contributed by atoms with Gasteiger partial charge in [0.05, 0.1) is 12.1 Å². The molecule has 3 fully saturated rings. The number of hydrogen-bond donors (Lipinski definition) is 3. The number of aliphatic hydroxyl groups excluding tert-OH is 1. The van der Waals surface area contributed by atoms with Gasteiger partial charge in [-0.05, 0) is 36.1 Å². The van der Waals surface area contributed by atoms with Crippen LogP contribution in [0.3, 0.4) is 0 Å². The smallest absolute Gasteiger partial charge is 0.248 e.